The summed E-state index contributed by atoms with van der Waals surface area (Å²) in [6.07, 6.45) is 3.12. The molecule has 0 saturated heterocycles. The molecular formula is C20H20N6O3. The van der Waals surface area contributed by atoms with Gasteiger partial charge in [-0.3, -0.25) is 14.3 Å². The van der Waals surface area contributed by atoms with Crippen molar-refractivity contribution in [3.63, 3.8) is 0 Å². The molecule has 9 nitrogen and oxygen atoms in total. The minimum atomic E-state index is -0.558. The molecule has 3 aromatic rings. The first-order valence-corrected chi connectivity index (χ1v) is 8.86. The van der Waals surface area contributed by atoms with Crippen LogP contribution in [-0.4, -0.2) is 45.2 Å². The molecule has 0 fully saturated rings. The molecule has 3 rings (SSSR count). The van der Waals surface area contributed by atoms with E-state index in [1.54, 1.807) is 44.4 Å². The SMILES string of the molecule is COC[C@H](C)NC(=O)c1cc(-c2ccc(C#N)cc2)nn(-c2cnn(C)c2)c1=O. The number of aryl methyl sites for hydroxylation is 1. The van der Waals surface area contributed by atoms with Crippen molar-refractivity contribution in [3.8, 4) is 23.0 Å². The predicted octanol–water partition coefficient (Wildman–Crippen LogP) is 1.27. The quantitative estimate of drug-likeness (QED) is 0.676. The molecule has 9 heteroatoms. The normalized spacial score (nSPS) is 11.7. The second-order valence-electron chi connectivity index (χ2n) is 6.55. The first kappa shape index (κ1) is 20.0. The van der Waals surface area contributed by atoms with Gasteiger partial charge < -0.3 is 10.1 Å². The summed E-state index contributed by atoms with van der Waals surface area (Å²) in [5.41, 5.74) is 1.42. The molecule has 0 aliphatic heterocycles. The van der Waals surface area contributed by atoms with Crippen molar-refractivity contribution in [2.24, 2.45) is 7.05 Å². The largest absolute Gasteiger partial charge is 0.383 e. The molecule has 0 aliphatic rings. The van der Waals surface area contributed by atoms with Crippen LogP contribution in [0.25, 0.3) is 16.9 Å². The highest BCUT2D eigenvalue weighted by molar-refractivity contribution is 5.95. The fraction of sp³-hybridized carbons (Fsp3) is 0.250. The molecule has 1 amide bonds. The molecule has 0 radical (unpaired) electrons. The Hall–Kier alpha value is -3.77. The van der Waals surface area contributed by atoms with Crippen molar-refractivity contribution in [2.45, 2.75) is 13.0 Å². The van der Waals surface area contributed by atoms with E-state index in [0.29, 0.717) is 29.1 Å². The standard InChI is InChI=1S/C20H20N6O3/c1-13(12-29-3)23-19(27)17-8-18(15-6-4-14(9-21)5-7-15)24-26(20(17)28)16-10-22-25(2)11-16/h4-8,10-11,13H,12H2,1-3H3,(H,23,27)/t13-/m0/s1. The number of ether oxygens (including phenoxy) is 1. The van der Waals surface area contributed by atoms with E-state index < -0.39 is 11.5 Å². The summed E-state index contributed by atoms with van der Waals surface area (Å²) in [6.45, 7) is 2.10. The fourth-order valence-electron chi connectivity index (χ4n) is 2.80. The second-order valence-corrected chi connectivity index (χ2v) is 6.55. The molecule has 0 aliphatic carbocycles. The van der Waals surface area contributed by atoms with Gasteiger partial charge in [0.15, 0.2) is 0 Å². The Balaban J connectivity index is 2.12. The van der Waals surface area contributed by atoms with Gasteiger partial charge in [-0.15, -0.1) is 0 Å². The lowest BCUT2D eigenvalue weighted by molar-refractivity contribution is 0.0903. The van der Waals surface area contributed by atoms with Gasteiger partial charge in [0.2, 0.25) is 0 Å². The monoisotopic (exact) mass is 392 g/mol. The number of nitrogens with one attached hydrogen (secondary N) is 1. The van der Waals surface area contributed by atoms with Gasteiger partial charge in [-0.05, 0) is 25.1 Å². The average molecular weight is 392 g/mol. The number of amides is 1. The molecule has 2 heterocycles. The van der Waals surface area contributed by atoms with Gasteiger partial charge in [-0.2, -0.15) is 20.1 Å². The summed E-state index contributed by atoms with van der Waals surface area (Å²) in [5, 5.41) is 20.2. The van der Waals surface area contributed by atoms with Gasteiger partial charge in [-0.1, -0.05) is 12.1 Å². The Kier molecular flexibility index (Phi) is 5.85. The van der Waals surface area contributed by atoms with Crippen molar-refractivity contribution in [2.75, 3.05) is 13.7 Å². The molecule has 0 spiro atoms. The van der Waals surface area contributed by atoms with Crippen molar-refractivity contribution in [1.82, 2.24) is 24.9 Å². The Morgan fingerprint density at radius 2 is 2.07 bits per heavy atom. The van der Waals surface area contributed by atoms with Crippen LogP contribution < -0.4 is 10.9 Å². The highest BCUT2D eigenvalue weighted by Gasteiger charge is 2.19. The number of nitriles is 1. The average Bonchev–Trinajstić information content (AvgIpc) is 3.14. The van der Waals surface area contributed by atoms with E-state index in [4.69, 9.17) is 10.00 Å². The van der Waals surface area contributed by atoms with Gasteiger partial charge in [0.25, 0.3) is 11.5 Å². The molecule has 2 aromatic heterocycles. The first-order chi connectivity index (χ1) is 13.9. The van der Waals surface area contributed by atoms with E-state index >= 15 is 0 Å². The number of hydrogen-bond acceptors (Lipinski definition) is 6. The third-order valence-electron chi connectivity index (χ3n) is 4.20. The van der Waals surface area contributed by atoms with Crippen molar-refractivity contribution in [3.05, 3.63) is 64.2 Å². The summed E-state index contributed by atoms with van der Waals surface area (Å²) in [4.78, 5) is 25.7. The topological polar surface area (TPSA) is 115 Å². The van der Waals surface area contributed by atoms with Crippen LogP contribution in [0.5, 0.6) is 0 Å². The van der Waals surface area contributed by atoms with Crippen LogP contribution in [0.1, 0.15) is 22.8 Å². The molecule has 1 N–H and O–H groups in total. The highest BCUT2D eigenvalue weighted by atomic mass is 16.5. The predicted molar refractivity (Wildman–Crippen MR) is 106 cm³/mol. The second kappa shape index (κ2) is 8.50. The Morgan fingerprint density at radius 3 is 2.66 bits per heavy atom. The summed E-state index contributed by atoms with van der Waals surface area (Å²) in [6, 6.07) is 9.96. The molecule has 1 aromatic carbocycles. The summed E-state index contributed by atoms with van der Waals surface area (Å²) >= 11 is 0. The highest BCUT2D eigenvalue weighted by Crippen LogP contribution is 2.18. The van der Waals surface area contributed by atoms with Crippen molar-refractivity contribution in [1.29, 1.82) is 5.26 Å². The first-order valence-electron chi connectivity index (χ1n) is 8.86. The van der Waals surface area contributed by atoms with E-state index in [9.17, 15) is 9.59 Å². The third kappa shape index (κ3) is 4.39. The van der Waals surface area contributed by atoms with Crippen molar-refractivity contribution >= 4 is 5.91 Å². The minimum Gasteiger partial charge on any atom is -0.383 e. The zero-order valence-corrected chi connectivity index (χ0v) is 16.3. The Morgan fingerprint density at radius 1 is 1.34 bits per heavy atom. The molecule has 0 saturated carbocycles. The molecule has 148 valence electrons. The van der Waals surface area contributed by atoms with Crippen LogP contribution in [0, 0.1) is 11.3 Å². The molecule has 1 atom stereocenters. The number of hydrogen-bond donors (Lipinski definition) is 1. The Labute approximate surface area is 167 Å². The van der Waals surface area contributed by atoms with E-state index in [0.717, 1.165) is 4.68 Å². The molecule has 0 unspecified atom stereocenters. The van der Waals surface area contributed by atoms with Crippen LogP contribution in [0.3, 0.4) is 0 Å². The van der Waals surface area contributed by atoms with Gasteiger partial charge in [0.05, 0.1) is 36.3 Å². The van der Waals surface area contributed by atoms with Gasteiger partial charge in [0.1, 0.15) is 11.3 Å². The maximum Gasteiger partial charge on any atom is 0.284 e. The summed E-state index contributed by atoms with van der Waals surface area (Å²) in [5.74, 6) is -0.519. The number of carbonyl (C=O) groups is 1. The van der Waals surface area contributed by atoms with Gasteiger partial charge >= 0.3 is 0 Å². The van der Waals surface area contributed by atoms with Crippen LogP contribution in [0.4, 0.5) is 0 Å². The zero-order chi connectivity index (χ0) is 21.0. The lowest BCUT2D eigenvalue weighted by atomic mass is 10.1. The fourth-order valence-corrected chi connectivity index (χ4v) is 2.80. The zero-order valence-electron chi connectivity index (χ0n) is 16.3. The smallest absolute Gasteiger partial charge is 0.284 e. The number of carbonyl (C=O) groups excluding carboxylic acids is 1. The summed E-state index contributed by atoms with van der Waals surface area (Å²) < 4.78 is 7.72. The van der Waals surface area contributed by atoms with Crippen molar-refractivity contribution < 1.29 is 9.53 Å². The number of methoxy groups -OCH3 is 1. The van der Waals surface area contributed by atoms with E-state index in [-0.39, 0.29) is 11.6 Å². The van der Waals surface area contributed by atoms with Crippen LogP contribution in [-0.2, 0) is 11.8 Å². The maximum absolute atomic E-state index is 13.0. The van der Waals surface area contributed by atoms with E-state index in [1.807, 2.05) is 0 Å². The maximum atomic E-state index is 13.0. The third-order valence-corrected chi connectivity index (χ3v) is 4.20. The number of benzene rings is 1. The number of aromatic nitrogens is 4. The molecule has 29 heavy (non-hydrogen) atoms. The lowest BCUT2D eigenvalue weighted by Gasteiger charge is -2.14. The summed E-state index contributed by atoms with van der Waals surface area (Å²) in [7, 11) is 3.26. The Bertz CT molecular complexity index is 1120. The minimum absolute atomic E-state index is 0.0498. The molecule has 0 bridgehead atoms. The van der Waals surface area contributed by atoms with E-state index in [1.165, 1.54) is 24.1 Å². The van der Waals surface area contributed by atoms with E-state index in [2.05, 4.69) is 21.6 Å². The van der Waals surface area contributed by atoms with Gasteiger partial charge in [-0.25, -0.2) is 0 Å². The molecular weight excluding hydrogens is 372 g/mol. The number of nitrogens with zero attached hydrogens (tertiary/aromatic N) is 5. The van der Waals surface area contributed by atoms with Gasteiger partial charge in [0, 0.05) is 25.8 Å². The van der Waals surface area contributed by atoms with Crippen LogP contribution in [0.15, 0.2) is 47.5 Å². The van der Waals surface area contributed by atoms with Crippen LogP contribution in [0.2, 0.25) is 0 Å². The van der Waals surface area contributed by atoms with Crippen LogP contribution >= 0.6 is 0 Å². The number of rotatable bonds is 6. The lowest BCUT2D eigenvalue weighted by Crippen LogP contribution is -2.39.